The third kappa shape index (κ3) is 6.36. The fraction of sp³-hybridized carbons (Fsp3) is 0.321. The van der Waals surface area contributed by atoms with Crippen molar-refractivity contribution in [2.24, 2.45) is 0 Å². The summed E-state index contributed by atoms with van der Waals surface area (Å²) in [6, 6.07) is 16.2. The number of nitrogens with zero attached hydrogens (tertiary/aromatic N) is 1. The Bertz CT molecular complexity index is 1210. The van der Waals surface area contributed by atoms with Gasteiger partial charge in [0.25, 0.3) is 0 Å². The predicted molar refractivity (Wildman–Crippen MR) is 132 cm³/mol. The van der Waals surface area contributed by atoms with E-state index < -0.39 is 23.5 Å². The first-order chi connectivity index (χ1) is 17.2. The van der Waals surface area contributed by atoms with Gasteiger partial charge in [0.1, 0.15) is 5.82 Å². The predicted octanol–water partition coefficient (Wildman–Crippen LogP) is 6.47. The van der Waals surface area contributed by atoms with Gasteiger partial charge in [-0.25, -0.2) is 4.39 Å². The van der Waals surface area contributed by atoms with Crippen molar-refractivity contribution < 1.29 is 27.5 Å². The van der Waals surface area contributed by atoms with Gasteiger partial charge in [-0.1, -0.05) is 30.3 Å². The molecule has 1 aliphatic rings. The molecule has 0 saturated heterocycles. The number of aryl methyl sites for hydroxylation is 1. The standard InChI is InChI=1S/C28H28F4N2O2/c29-25-17-23(12-8-20(25)9-13-27(35)36)33-18-21-3-1-5-26-24(21)4-2-15-34(26)16-14-19-6-10-22(11-7-19)28(30,31)32/h1,3,5-8,10-12,17,33H,2,4,9,13-16,18H2,(H,35,36). The molecule has 3 aromatic carbocycles. The zero-order valence-corrected chi connectivity index (χ0v) is 19.7. The van der Waals surface area contributed by atoms with Crippen molar-refractivity contribution >= 4 is 17.3 Å². The van der Waals surface area contributed by atoms with Gasteiger partial charge >= 0.3 is 12.1 Å². The molecule has 0 aromatic heterocycles. The Labute approximate surface area is 207 Å². The fourth-order valence-electron chi connectivity index (χ4n) is 4.59. The molecular weight excluding hydrogens is 472 g/mol. The van der Waals surface area contributed by atoms with Crippen LogP contribution >= 0.6 is 0 Å². The van der Waals surface area contributed by atoms with E-state index in [4.69, 9.17) is 5.11 Å². The molecule has 1 heterocycles. The van der Waals surface area contributed by atoms with Gasteiger partial charge in [-0.3, -0.25) is 4.79 Å². The molecule has 8 heteroatoms. The topological polar surface area (TPSA) is 52.6 Å². The first-order valence-corrected chi connectivity index (χ1v) is 12.0. The maximum Gasteiger partial charge on any atom is 0.416 e. The van der Waals surface area contributed by atoms with Crippen molar-refractivity contribution in [1.82, 2.24) is 0 Å². The number of hydrogen-bond acceptors (Lipinski definition) is 3. The number of nitrogens with one attached hydrogen (secondary N) is 1. The van der Waals surface area contributed by atoms with Crippen LogP contribution in [0.3, 0.4) is 0 Å². The van der Waals surface area contributed by atoms with E-state index in [0.29, 0.717) is 30.8 Å². The van der Waals surface area contributed by atoms with E-state index in [1.54, 1.807) is 24.3 Å². The largest absolute Gasteiger partial charge is 0.481 e. The lowest BCUT2D eigenvalue weighted by Crippen LogP contribution is -2.32. The van der Waals surface area contributed by atoms with Gasteiger partial charge < -0.3 is 15.3 Å². The Morgan fingerprint density at radius 1 is 1.00 bits per heavy atom. The quantitative estimate of drug-likeness (QED) is 0.331. The van der Waals surface area contributed by atoms with E-state index in [9.17, 15) is 22.4 Å². The maximum absolute atomic E-state index is 14.4. The van der Waals surface area contributed by atoms with Crippen molar-refractivity contribution in [2.45, 2.75) is 44.8 Å². The van der Waals surface area contributed by atoms with Crippen molar-refractivity contribution in [3.63, 3.8) is 0 Å². The number of carbonyl (C=O) groups is 1. The normalized spacial score (nSPS) is 13.4. The van der Waals surface area contributed by atoms with Gasteiger partial charge in [0, 0.05) is 37.4 Å². The number of halogens is 4. The summed E-state index contributed by atoms with van der Waals surface area (Å²) in [4.78, 5) is 13.0. The molecular formula is C28H28F4N2O2. The maximum atomic E-state index is 14.4. The van der Waals surface area contributed by atoms with Gasteiger partial charge in [-0.15, -0.1) is 0 Å². The molecule has 2 N–H and O–H groups in total. The Hall–Kier alpha value is -3.55. The molecule has 0 atom stereocenters. The molecule has 190 valence electrons. The molecule has 3 aromatic rings. The Morgan fingerprint density at radius 2 is 1.78 bits per heavy atom. The van der Waals surface area contributed by atoms with Crippen LogP contribution < -0.4 is 10.2 Å². The number of carboxylic acids is 1. The highest BCUT2D eigenvalue weighted by Gasteiger charge is 2.30. The number of anilines is 2. The minimum absolute atomic E-state index is 0.116. The first kappa shape index (κ1) is 25.5. The fourth-order valence-corrected chi connectivity index (χ4v) is 4.59. The SMILES string of the molecule is O=C(O)CCc1ccc(NCc2cccc3c2CCCN3CCc2ccc(C(F)(F)F)cc2)cc1F. The van der Waals surface area contributed by atoms with Crippen LogP contribution in [-0.4, -0.2) is 24.2 Å². The number of hydrogen-bond donors (Lipinski definition) is 2. The van der Waals surface area contributed by atoms with Gasteiger partial charge in [0.2, 0.25) is 0 Å². The highest BCUT2D eigenvalue weighted by atomic mass is 19.4. The van der Waals surface area contributed by atoms with Crippen LogP contribution in [0.2, 0.25) is 0 Å². The summed E-state index contributed by atoms with van der Waals surface area (Å²) in [6.45, 7) is 2.11. The van der Waals surface area contributed by atoms with Crippen LogP contribution in [0.15, 0.2) is 60.7 Å². The lowest BCUT2D eigenvalue weighted by Gasteiger charge is -2.33. The molecule has 0 radical (unpaired) electrons. The van der Waals surface area contributed by atoms with Crippen LogP contribution in [0.5, 0.6) is 0 Å². The van der Waals surface area contributed by atoms with Crippen LogP contribution in [0, 0.1) is 5.82 Å². The molecule has 0 unspecified atom stereocenters. The van der Waals surface area contributed by atoms with Gasteiger partial charge in [-0.05, 0) is 78.3 Å². The smallest absolute Gasteiger partial charge is 0.416 e. The lowest BCUT2D eigenvalue weighted by molar-refractivity contribution is -0.138. The summed E-state index contributed by atoms with van der Waals surface area (Å²) in [7, 11) is 0. The minimum Gasteiger partial charge on any atom is -0.481 e. The van der Waals surface area contributed by atoms with Gasteiger partial charge in [0.15, 0.2) is 0 Å². The second-order valence-electron chi connectivity index (χ2n) is 9.00. The average Bonchev–Trinajstić information content (AvgIpc) is 2.85. The Balaban J connectivity index is 1.40. The summed E-state index contributed by atoms with van der Waals surface area (Å²) in [5.74, 6) is -1.38. The number of carboxylic acid groups (broad SMARTS) is 1. The summed E-state index contributed by atoms with van der Waals surface area (Å²) in [6.07, 6.45) is -1.75. The molecule has 0 aliphatic carbocycles. The van der Waals surface area contributed by atoms with Crippen LogP contribution in [0.25, 0.3) is 0 Å². The van der Waals surface area contributed by atoms with Crippen LogP contribution in [0.1, 0.15) is 40.7 Å². The zero-order valence-electron chi connectivity index (χ0n) is 19.7. The average molecular weight is 501 g/mol. The van der Waals surface area contributed by atoms with Gasteiger partial charge in [-0.2, -0.15) is 13.2 Å². The summed E-state index contributed by atoms with van der Waals surface area (Å²) in [5, 5.41) is 12.1. The minimum atomic E-state index is -4.33. The van der Waals surface area contributed by atoms with Crippen molar-refractivity contribution in [2.75, 3.05) is 23.3 Å². The highest BCUT2D eigenvalue weighted by Crippen LogP contribution is 2.32. The Morgan fingerprint density at radius 3 is 2.47 bits per heavy atom. The monoisotopic (exact) mass is 500 g/mol. The number of benzene rings is 3. The number of alkyl halides is 3. The third-order valence-electron chi connectivity index (χ3n) is 6.54. The molecule has 0 fully saturated rings. The van der Waals surface area contributed by atoms with Crippen molar-refractivity contribution in [1.29, 1.82) is 0 Å². The van der Waals surface area contributed by atoms with Crippen molar-refractivity contribution in [3.8, 4) is 0 Å². The number of rotatable bonds is 9. The molecule has 1 aliphatic heterocycles. The summed E-state index contributed by atoms with van der Waals surface area (Å²) >= 11 is 0. The molecule has 0 bridgehead atoms. The van der Waals surface area contributed by atoms with Gasteiger partial charge in [0.05, 0.1) is 5.56 Å². The second-order valence-corrected chi connectivity index (χ2v) is 9.00. The van der Waals surface area contributed by atoms with Crippen molar-refractivity contribution in [3.05, 3.63) is 94.3 Å². The molecule has 0 saturated carbocycles. The van der Waals surface area contributed by atoms with E-state index in [-0.39, 0.29) is 12.8 Å². The van der Waals surface area contributed by atoms with E-state index in [1.165, 1.54) is 11.6 Å². The molecule has 4 rings (SSSR count). The second kappa shape index (κ2) is 11.0. The first-order valence-electron chi connectivity index (χ1n) is 12.0. The van der Waals surface area contributed by atoms with E-state index in [2.05, 4.69) is 16.3 Å². The lowest BCUT2D eigenvalue weighted by atomic mass is 9.95. The van der Waals surface area contributed by atoms with Crippen LogP contribution in [0.4, 0.5) is 28.9 Å². The zero-order chi connectivity index (χ0) is 25.7. The molecule has 4 nitrogen and oxygen atoms in total. The molecule has 36 heavy (non-hydrogen) atoms. The van der Waals surface area contributed by atoms with E-state index in [0.717, 1.165) is 48.3 Å². The molecule has 0 spiro atoms. The molecule has 0 amide bonds. The Kier molecular flexibility index (Phi) is 7.82. The van der Waals surface area contributed by atoms with E-state index >= 15 is 0 Å². The number of aliphatic carboxylic acids is 1. The third-order valence-corrected chi connectivity index (χ3v) is 6.54. The highest BCUT2D eigenvalue weighted by molar-refractivity contribution is 5.67. The van der Waals surface area contributed by atoms with E-state index in [1.807, 2.05) is 12.1 Å². The summed E-state index contributed by atoms with van der Waals surface area (Å²) in [5.41, 5.74) is 4.69. The van der Waals surface area contributed by atoms with Crippen LogP contribution in [-0.2, 0) is 36.8 Å². The number of fused-ring (bicyclic) bond motifs is 1. The summed E-state index contributed by atoms with van der Waals surface area (Å²) < 4.78 is 52.8.